The highest BCUT2D eigenvalue weighted by Crippen LogP contribution is 2.46. The van der Waals surface area contributed by atoms with Gasteiger partial charge in [0, 0.05) is 12.0 Å². The summed E-state index contributed by atoms with van der Waals surface area (Å²) in [6, 6.07) is 4.44. The molecule has 1 aromatic heterocycles. The highest BCUT2D eigenvalue weighted by atomic mass is 19.1. The summed E-state index contributed by atoms with van der Waals surface area (Å²) < 4.78 is 43.0. The van der Waals surface area contributed by atoms with Gasteiger partial charge in [-0.05, 0) is 31.5 Å². The van der Waals surface area contributed by atoms with Gasteiger partial charge in [0.15, 0.2) is 5.78 Å². The number of hydrogen-bond acceptors (Lipinski definition) is 8. The van der Waals surface area contributed by atoms with E-state index in [1.165, 1.54) is 24.5 Å². The molecule has 0 unspecified atom stereocenters. The van der Waals surface area contributed by atoms with Gasteiger partial charge >= 0.3 is 0 Å². The number of aromatic nitrogens is 2. The molecule has 1 saturated heterocycles. The lowest BCUT2D eigenvalue weighted by Crippen LogP contribution is -2.49. The van der Waals surface area contributed by atoms with Crippen LogP contribution >= 0.6 is 0 Å². The fourth-order valence-electron chi connectivity index (χ4n) is 4.34. The zero-order chi connectivity index (χ0) is 22.2. The summed E-state index contributed by atoms with van der Waals surface area (Å²) >= 11 is 0. The van der Waals surface area contributed by atoms with Crippen molar-refractivity contribution in [3.63, 3.8) is 0 Å². The van der Waals surface area contributed by atoms with E-state index >= 15 is 0 Å². The molecule has 0 radical (unpaired) electrons. The van der Waals surface area contributed by atoms with Crippen molar-refractivity contribution in [2.24, 2.45) is 16.6 Å². The van der Waals surface area contributed by atoms with Crippen LogP contribution in [-0.2, 0) is 21.4 Å². The maximum absolute atomic E-state index is 14.9. The van der Waals surface area contributed by atoms with Crippen molar-refractivity contribution in [2.75, 3.05) is 13.5 Å². The second kappa shape index (κ2) is 8.18. The zero-order valence-electron chi connectivity index (χ0n) is 17.0. The molecule has 2 aliphatic rings. The van der Waals surface area contributed by atoms with E-state index in [1.807, 2.05) is 6.92 Å². The number of carbonyl (C=O) groups excluding carboxylic acids is 1. The molecule has 4 atom stereocenters. The Bertz CT molecular complexity index is 1020. The van der Waals surface area contributed by atoms with Crippen LogP contribution in [0.4, 0.5) is 8.78 Å². The molecule has 31 heavy (non-hydrogen) atoms. The van der Waals surface area contributed by atoms with E-state index in [1.54, 1.807) is 13.0 Å². The summed E-state index contributed by atoms with van der Waals surface area (Å²) in [5.41, 5.74) is 5.84. The standard InChI is InChI=1S/C21H22F2N4O4/c1-11-19-17(9-29-11)31-20(24)27-21(19,2)13-5-12(3-4-14(13)23)6-16(28)15-7-26-18(8-25-15)30-10-22/h3-5,7-8,11,17,19H,6,9-10H2,1-2H3,(H2,24,27)/t11-,17+,19-,21+/m0/s1. The molecule has 1 fully saturated rings. The molecule has 0 bridgehead atoms. The molecule has 2 aliphatic heterocycles. The van der Waals surface area contributed by atoms with E-state index in [0.29, 0.717) is 17.7 Å². The lowest BCUT2D eigenvalue weighted by atomic mass is 9.74. The summed E-state index contributed by atoms with van der Waals surface area (Å²) in [7, 11) is 0. The fraction of sp³-hybridized carbons (Fsp3) is 0.429. The molecule has 0 amide bonds. The van der Waals surface area contributed by atoms with Gasteiger partial charge < -0.3 is 19.9 Å². The predicted molar refractivity (Wildman–Crippen MR) is 106 cm³/mol. The summed E-state index contributed by atoms with van der Waals surface area (Å²) in [6.45, 7) is 2.99. The van der Waals surface area contributed by atoms with Crippen molar-refractivity contribution in [3.8, 4) is 5.88 Å². The Morgan fingerprint density at radius 3 is 2.87 bits per heavy atom. The first kappa shape index (κ1) is 21.1. The quantitative estimate of drug-likeness (QED) is 0.698. The Kier molecular flexibility index (Phi) is 5.57. The highest BCUT2D eigenvalue weighted by molar-refractivity contribution is 5.95. The van der Waals surface area contributed by atoms with Gasteiger partial charge in [-0.25, -0.2) is 23.7 Å². The van der Waals surface area contributed by atoms with Crippen LogP contribution in [0.3, 0.4) is 0 Å². The molecule has 2 aromatic rings. The Labute approximate surface area is 177 Å². The summed E-state index contributed by atoms with van der Waals surface area (Å²) in [6.07, 6.45) is 1.81. The van der Waals surface area contributed by atoms with Gasteiger partial charge in [-0.2, -0.15) is 0 Å². The summed E-state index contributed by atoms with van der Waals surface area (Å²) in [5.74, 6) is -1.04. The Balaban J connectivity index is 1.62. The van der Waals surface area contributed by atoms with E-state index in [0.717, 1.165) is 0 Å². The smallest absolute Gasteiger partial charge is 0.283 e. The number of alkyl halides is 1. The second-order valence-corrected chi connectivity index (χ2v) is 7.73. The Morgan fingerprint density at radius 2 is 2.16 bits per heavy atom. The molecule has 0 aliphatic carbocycles. The average molecular weight is 432 g/mol. The predicted octanol–water partition coefficient (Wildman–Crippen LogP) is 2.31. The van der Waals surface area contributed by atoms with E-state index < -0.39 is 18.2 Å². The SMILES string of the molecule is C[C@@H]1OC[C@H]2OC(N)=N[C@](C)(c3cc(CC(=O)c4cnc(OCF)cn4)ccc3F)[C@@H]12. The molecule has 2 N–H and O–H groups in total. The third kappa shape index (κ3) is 3.95. The number of carbonyl (C=O) groups is 1. The van der Waals surface area contributed by atoms with E-state index in [2.05, 4.69) is 19.7 Å². The molecule has 4 rings (SSSR count). The van der Waals surface area contributed by atoms with Crippen LogP contribution in [0.2, 0.25) is 0 Å². The van der Waals surface area contributed by atoms with Crippen LogP contribution in [0.15, 0.2) is 35.6 Å². The number of rotatable bonds is 6. The Morgan fingerprint density at radius 1 is 1.35 bits per heavy atom. The topological polar surface area (TPSA) is 109 Å². The molecular weight excluding hydrogens is 410 g/mol. The number of fused-ring (bicyclic) bond motifs is 1. The number of Topliss-reactive ketones (excluding diaryl/α,β-unsaturated/α-hetero) is 1. The molecule has 164 valence electrons. The highest BCUT2D eigenvalue weighted by Gasteiger charge is 2.53. The number of hydrogen-bond donors (Lipinski definition) is 1. The van der Waals surface area contributed by atoms with Crippen molar-refractivity contribution in [3.05, 3.63) is 53.2 Å². The van der Waals surface area contributed by atoms with E-state index in [9.17, 15) is 13.6 Å². The molecule has 3 heterocycles. The van der Waals surface area contributed by atoms with Crippen molar-refractivity contribution >= 4 is 11.8 Å². The number of halogens is 2. The van der Waals surface area contributed by atoms with Crippen LogP contribution < -0.4 is 10.5 Å². The third-order valence-corrected chi connectivity index (χ3v) is 5.75. The number of ketones is 1. The third-order valence-electron chi connectivity index (χ3n) is 5.75. The molecule has 0 saturated carbocycles. The van der Waals surface area contributed by atoms with E-state index in [4.69, 9.17) is 15.2 Å². The van der Waals surface area contributed by atoms with Crippen LogP contribution in [0.5, 0.6) is 5.88 Å². The van der Waals surface area contributed by atoms with Gasteiger partial charge in [0.05, 0.1) is 31.0 Å². The van der Waals surface area contributed by atoms with Crippen LogP contribution in [0.1, 0.15) is 35.5 Å². The zero-order valence-corrected chi connectivity index (χ0v) is 17.0. The largest absolute Gasteiger partial charge is 0.459 e. The number of benzene rings is 1. The molecule has 8 nitrogen and oxygen atoms in total. The first-order valence-electron chi connectivity index (χ1n) is 9.78. The molecular formula is C21H22F2N4O4. The molecule has 10 heteroatoms. The normalized spacial score (nSPS) is 27.2. The Hall–Kier alpha value is -3.14. The minimum Gasteiger partial charge on any atom is -0.459 e. The maximum Gasteiger partial charge on any atom is 0.283 e. The van der Waals surface area contributed by atoms with Gasteiger partial charge in [0.25, 0.3) is 6.02 Å². The molecule has 1 aromatic carbocycles. The fourth-order valence-corrected chi connectivity index (χ4v) is 4.34. The number of aliphatic imine (C=N–C) groups is 1. The van der Waals surface area contributed by atoms with Crippen LogP contribution in [-0.4, -0.2) is 47.4 Å². The van der Waals surface area contributed by atoms with Crippen molar-refractivity contribution < 1.29 is 27.8 Å². The molecule has 0 spiro atoms. The van der Waals surface area contributed by atoms with Gasteiger partial charge in [0.1, 0.15) is 23.2 Å². The van der Waals surface area contributed by atoms with E-state index in [-0.39, 0.29) is 47.9 Å². The van der Waals surface area contributed by atoms with Crippen molar-refractivity contribution in [2.45, 2.75) is 38.0 Å². The van der Waals surface area contributed by atoms with Crippen LogP contribution in [0, 0.1) is 11.7 Å². The lowest BCUT2D eigenvalue weighted by molar-refractivity contribution is 0.0656. The monoisotopic (exact) mass is 432 g/mol. The lowest BCUT2D eigenvalue weighted by Gasteiger charge is -2.40. The first-order valence-corrected chi connectivity index (χ1v) is 9.78. The maximum atomic E-state index is 14.9. The summed E-state index contributed by atoms with van der Waals surface area (Å²) in [5, 5.41) is 0. The number of amidine groups is 1. The van der Waals surface area contributed by atoms with Gasteiger partial charge in [-0.15, -0.1) is 0 Å². The van der Waals surface area contributed by atoms with Gasteiger partial charge in [-0.1, -0.05) is 6.07 Å². The minimum absolute atomic E-state index is 0.0199. The van der Waals surface area contributed by atoms with Gasteiger partial charge in [-0.3, -0.25) is 4.79 Å². The second-order valence-electron chi connectivity index (χ2n) is 7.73. The average Bonchev–Trinajstić information content (AvgIpc) is 3.11. The number of nitrogens with two attached hydrogens (primary N) is 1. The summed E-state index contributed by atoms with van der Waals surface area (Å²) in [4.78, 5) is 24.9. The van der Waals surface area contributed by atoms with Crippen LogP contribution in [0.25, 0.3) is 0 Å². The first-order chi connectivity index (χ1) is 14.8. The van der Waals surface area contributed by atoms with Crippen molar-refractivity contribution in [1.29, 1.82) is 0 Å². The number of nitrogens with zero attached hydrogens (tertiary/aromatic N) is 3. The van der Waals surface area contributed by atoms with Gasteiger partial charge in [0.2, 0.25) is 12.7 Å². The minimum atomic E-state index is -1.04. The van der Waals surface area contributed by atoms with Crippen molar-refractivity contribution in [1.82, 2.24) is 9.97 Å². The number of ether oxygens (including phenoxy) is 3.